The van der Waals surface area contributed by atoms with Crippen LogP contribution in [0.2, 0.25) is 5.02 Å². The molecule has 2 aromatic carbocycles. The minimum atomic E-state index is -3.56. The summed E-state index contributed by atoms with van der Waals surface area (Å²) in [6.07, 6.45) is 2.82. The van der Waals surface area contributed by atoms with Crippen molar-refractivity contribution in [1.29, 1.82) is 0 Å². The van der Waals surface area contributed by atoms with Crippen LogP contribution in [0.3, 0.4) is 0 Å². The molecule has 0 saturated heterocycles. The standard InChI is InChI=1S/C26H36ClN3O4S/c1-5-16-28-26(32)24(6-2)29(19-21-14-12-20(3)13-15-21)25(31)11-8-17-30(35(4,33)34)23-10-7-9-22(27)18-23/h7,9-10,12-15,18,24H,5-6,8,11,16-17,19H2,1-4H3,(H,28,32). The van der Waals surface area contributed by atoms with Crippen LogP contribution in [0.1, 0.15) is 50.7 Å². The van der Waals surface area contributed by atoms with E-state index < -0.39 is 16.1 Å². The summed E-state index contributed by atoms with van der Waals surface area (Å²) in [4.78, 5) is 27.8. The fraction of sp³-hybridized carbons (Fsp3) is 0.462. The Morgan fingerprint density at radius 3 is 2.34 bits per heavy atom. The van der Waals surface area contributed by atoms with Crippen molar-refractivity contribution in [2.24, 2.45) is 0 Å². The highest BCUT2D eigenvalue weighted by Crippen LogP contribution is 2.23. The largest absolute Gasteiger partial charge is 0.354 e. The van der Waals surface area contributed by atoms with Crippen molar-refractivity contribution < 1.29 is 18.0 Å². The van der Waals surface area contributed by atoms with Gasteiger partial charge in [0.25, 0.3) is 0 Å². The van der Waals surface area contributed by atoms with Crippen LogP contribution in [0.25, 0.3) is 0 Å². The molecular formula is C26H36ClN3O4S. The second-order valence-electron chi connectivity index (χ2n) is 8.64. The van der Waals surface area contributed by atoms with E-state index in [2.05, 4.69) is 5.32 Å². The third kappa shape index (κ3) is 8.85. The number of halogens is 1. The summed E-state index contributed by atoms with van der Waals surface area (Å²) < 4.78 is 26.1. The Labute approximate surface area is 214 Å². The Morgan fingerprint density at radius 2 is 1.77 bits per heavy atom. The van der Waals surface area contributed by atoms with Gasteiger partial charge in [-0.3, -0.25) is 13.9 Å². The van der Waals surface area contributed by atoms with Gasteiger partial charge in [0, 0.05) is 31.1 Å². The number of hydrogen-bond acceptors (Lipinski definition) is 4. The summed E-state index contributed by atoms with van der Waals surface area (Å²) in [5.74, 6) is -0.366. The third-order valence-corrected chi connectivity index (χ3v) is 7.09. The van der Waals surface area contributed by atoms with E-state index in [1.54, 1.807) is 29.2 Å². The summed E-state index contributed by atoms with van der Waals surface area (Å²) in [7, 11) is -3.56. The first kappa shape index (κ1) is 28.7. The van der Waals surface area contributed by atoms with E-state index in [1.165, 1.54) is 4.31 Å². The van der Waals surface area contributed by atoms with Gasteiger partial charge in [-0.2, -0.15) is 0 Å². The lowest BCUT2D eigenvalue weighted by atomic mass is 10.1. The highest BCUT2D eigenvalue weighted by Gasteiger charge is 2.28. The fourth-order valence-corrected chi connectivity index (χ4v) is 4.95. The first-order chi connectivity index (χ1) is 16.6. The number of sulfonamides is 1. The number of amides is 2. The highest BCUT2D eigenvalue weighted by atomic mass is 35.5. The second kappa shape index (κ2) is 13.5. The van der Waals surface area contributed by atoms with Gasteiger partial charge in [0.15, 0.2) is 0 Å². The van der Waals surface area contributed by atoms with Gasteiger partial charge in [-0.15, -0.1) is 0 Å². The number of anilines is 1. The maximum absolute atomic E-state index is 13.4. The summed E-state index contributed by atoms with van der Waals surface area (Å²) in [6, 6.07) is 13.9. The molecule has 0 aromatic heterocycles. The smallest absolute Gasteiger partial charge is 0.242 e. The topological polar surface area (TPSA) is 86.8 Å². The average molecular weight is 522 g/mol. The van der Waals surface area contributed by atoms with Crippen LogP contribution in [0.4, 0.5) is 5.69 Å². The molecule has 0 fully saturated rings. The quantitative estimate of drug-likeness (QED) is 0.419. The van der Waals surface area contributed by atoms with E-state index in [-0.39, 0.29) is 24.8 Å². The van der Waals surface area contributed by atoms with Crippen LogP contribution in [0, 0.1) is 6.92 Å². The maximum atomic E-state index is 13.4. The van der Waals surface area contributed by atoms with Gasteiger partial charge in [0.2, 0.25) is 21.8 Å². The Balaban J connectivity index is 2.19. The summed E-state index contributed by atoms with van der Waals surface area (Å²) >= 11 is 6.05. The van der Waals surface area contributed by atoms with Gasteiger partial charge >= 0.3 is 0 Å². The van der Waals surface area contributed by atoms with E-state index in [0.717, 1.165) is 23.8 Å². The number of rotatable bonds is 13. The molecule has 1 atom stereocenters. The minimum Gasteiger partial charge on any atom is -0.354 e. The van der Waals surface area contributed by atoms with E-state index >= 15 is 0 Å². The Hall–Kier alpha value is -2.58. The zero-order chi connectivity index (χ0) is 26.0. The zero-order valence-electron chi connectivity index (χ0n) is 21.0. The molecular weight excluding hydrogens is 486 g/mol. The van der Waals surface area contributed by atoms with Crippen molar-refractivity contribution in [3.05, 3.63) is 64.7 Å². The van der Waals surface area contributed by atoms with E-state index in [0.29, 0.717) is 36.6 Å². The Kier molecular flexibility index (Phi) is 11.0. The summed E-state index contributed by atoms with van der Waals surface area (Å²) in [6.45, 7) is 6.83. The fourth-order valence-electron chi connectivity index (χ4n) is 3.81. The van der Waals surface area contributed by atoms with E-state index in [1.807, 2.05) is 45.0 Å². The van der Waals surface area contributed by atoms with E-state index in [9.17, 15) is 18.0 Å². The first-order valence-electron chi connectivity index (χ1n) is 11.9. The molecule has 7 nitrogen and oxygen atoms in total. The number of benzene rings is 2. The van der Waals surface area contributed by atoms with Crippen molar-refractivity contribution in [3.8, 4) is 0 Å². The second-order valence-corrected chi connectivity index (χ2v) is 11.0. The molecule has 0 bridgehead atoms. The lowest BCUT2D eigenvalue weighted by Gasteiger charge is -2.31. The molecule has 0 aliphatic heterocycles. The van der Waals surface area contributed by atoms with Crippen molar-refractivity contribution in [2.45, 2.75) is 59.0 Å². The first-order valence-corrected chi connectivity index (χ1v) is 14.2. The van der Waals surface area contributed by atoms with Crippen LogP contribution < -0.4 is 9.62 Å². The van der Waals surface area contributed by atoms with Crippen molar-refractivity contribution >= 4 is 39.1 Å². The number of carbonyl (C=O) groups is 2. The molecule has 0 aliphatic rings. The average Bonchev–Trinajstić information content (AvgIpc) is 2.80. The van der Waals surface area contributed by atoms with Crippen molar-refractivity contribution in [3.63, 3.8) is 0 Å². The van der Waals surface area contributed by atoms with Crippen LogP contribution in [-0.4, -0.2) is 50.5 Å². The normalized spacial score (nSPS) is 12.1. The van der Waals surface area contributed by atoms with E-state index in [4.69, 9.17) is 11.6 Å². The predicted octanol–water partition coefficient (Wildman–Crippen LogP) is 4.53. The number of hydrogen-bond donors (Lipinski definition) is 1. The molecule has 0 spiro atoms. The van der Waals surface area contributed by atoms with Crippen LogP contribution >= 0.6 is 11.6 Å². The number of nitrogens with one attached hydrogen (secondary N) is 1. The molecule has 0 heterocycles. The molecule has 1 unspecified atom stereocenters. The van der Waals surface area contributed by atoms with Crippen LogP contribution in [-0.2, 0) is 26.2 Å². The molecule has 2 aromatic rings. The lowest BCUT2D eigenvalue weighted by molar-refractivity contribution is -0.141. The van der Waals surface area contributed by atoms with Gasteiger partial charge in [0.05, 0.1) is 11.9 Å². The number of aryl methyl sites for hydroxylation is 1. The summed E-state index contributed by atoms with van der Waals surface area (Å²) in [5, 5.41) is 3.33. The molecule has 9 heteroatoms. The monoisotopic (exact) mass is 521 g/mol. The molecule has 0 saturated carbocycles. The molecule has 2 rings (SSSR count). The number of carbonyl (C=O) groups excluding carboxylic acids is 2. The molecule has 2 amide bonds. The summed E-state index contributed by atoms with van der Waals surface area (Å²) in [5.41, 5.74) is 2.50. The molecule has 1 N–H and O–H groups in total. The lowest BCUT2D eigenvalue weighted by Crippen LogP contribution is -2.49. The van der Waals surface area contributed by atoms with Gasteiger partial charge in [-0.05, 0) is 49.9 Å². The molecule has 0 aliphatic carbocycles. The van der Waals surface area contributed by atoms with Crippen molar-refractivity contribution in [1.82, 2.24) is 10.2 Å². The maximum Gasteiger partial charge on any atom is 0.242 e. The minimum absolute atomic E-state index is 0.107. The predicted molar refractivity (Wildman–Crippen MR) is 142 cm³/mol. The van der Waals surface area contributed by atoms with Gasteiger partial charge in [-0.25, -0.2) is 8.42 Å². The van der Waals surface area contributed by atoms with Crippen LogP contribution in [0.15, 0.2) is 48.5 Å². The SMILES string of the molecule is CCCNC(=O)C(CC)N(Cc1ccc(C)cc1)C(=O)CCCN(c1cccc(Cl)c1)S(C)(=O)=O. The molecule has 0 radical (unpaired) electrons. The third-order valence-electron chi connectivity index (χ3n) is 5.66. The Morgan fingerprint density at radius 1 is 1.09 bits per heavy atom. The Bertz CT molecular complexity index is 1090. The van der Waals surface area contributed by atoms with Gasteiger partial charge in [-0.1, -0.05) is 61.3 Å². The van der Waals surface area contributed by atoms with Crippen LogP contribution in [0.5, 0.6) is 0 Å². The van der Waals surface area contributed by atoms with Gasteiger partial charge < -0.3 is 10.2 Å². The zero-order valence-corrected chi connectivity index (χ0v) is 22.5. The highest BCUT2D eigenvalue weighted by molar-refractivity contribution is 7.92. The molecule has 192 valence electrons. The van der Waals surface area contributed by atoms with Crippen molar-refractivity contribution in [2.75, 3.05) is 23.7 Å². The molecule has 35 heavy (non-hydrogen) atoms. The van der Waals surface area contributed by atoms with Gasteiger partial charge in [0.1, 0.15) is 6.04 Å². The number of nitrogens with zero attached hydrogens (tertiary/aromatic N) is 2.